The number of carbonyl (C=O) groups excluding carboxylic acids is 1. The number of nitrogens with one attached hydrogen (secondary N) is 1. The number of furan rings is 1. The normalized spacial score (nSPS) is 12.6. The van der Waals surface area contributed by atoms with Gasteiger partial charge in [0.25, 0.3) is 5.91 Å². The number of aryl methyl sites for hydroxylation is 1. The molecule has 0 atom stereocenters. The van der Waals surface area contributed by atoms with E-state index in [1.807, 2.05) is 34.9 Å². The summed E-state index contributed by atoms with van der Waals surface area (Å²) in [6.07, 6.45) is 1.10. The van der Waals surface area contributed by atoms with Gasteiger partial charge < -0.3 is 19.0 Å². The third-order valence-electron chi connectivity index (χ3n) is 8.00. The third kappa shape index (κ3) is 4.31. The predicted molar refractivity (Wildman–Crippen MR) is 168 cm³/mol. The zero-order valence-electron chi connectivity index (χ0n) is 24.3. The lowest BCUT2D eigenvalue weighted by Gasteiger charge is -2.23. The van der Waals surface area contributed by atoms with E-state index in [0.717, 1.165) is 27.2 Å². The minimum absolute atomic E-state index is 0.0401. The van der Waals surface area contributed by atoms with Gasteiger partial charge >= 0.3 is 0 Å². The van der Waals surface area contributed by atoms with Crippen LogP contribution in [0, 0.1) is 12.7 Å². The highest BCUT2D eigenvalue weighted by Gasteiger charge is 2.28. The zero-order valence-corrected chi connectivity index (χ0v) is 25.1. The van der Waals surface area contributed by atoms with Crippen molar-refractivity contribution in [1.82, 2.24) is 14.9 Å². The number of carbonyl (C=O) groups is 1. The lowest BCUT2D eigenvalue weighted by Crippen LogP contribution is -2.25. The van der Waals surface area contributed by atoms with Gasteiger partial charge in [-0.3, -0.25) is 9.10 Å². The Bertz CT molecular complexity index is 2270. The van der Waals surface area contributed by atoms with Crippen molar-refractivity contribution >= 4 is 43.5 Å². The number of amides is 1. The predicted octanol–water partition coefficient (Wildman–Crippen LogP) is 6.34. The molecule has 0 radical (unpaired) electrons. The molecule has 4 heterocycles. The van der Waals surface area contributed by atoms with Crippen molar-refractivity contribution in [3.05, 3.63) is 89.7 Å². The molecular weight excluding hydrogens is 583 g/mol. The highest BCUT2D eigenvalue weighted by atomic mass is 32.2. The van der Waals surface area contributed by atoms with Crippen LogP contribution >= 0.6 is 0 Å². The molecule has 3 aromatic heterocycles. The molecule has 0 fully saturated rings. The van der Waals surface area contributed by atoms with Gasteiger partial charge in [0.2, 0.25) is 10.0 Å². The Balaban J connectivity index is 1.50. The molecule has 0 aliphatic carbocycles. The Morgan fingerprint density at radius 1 is 1.05 bits per heavy atom. The summed E-state index contributed by atoms with van der Waals surface area (Å²) in [4.78, 5) is 18.2. The molecule has 1 aliphatic heterocycles. The number of rotatable bonds is 5. The van der Waals surface area contributed by atoms with Crippen LogP contribution in [0.2, 0.25) is 0 Å². The van der Waals surface area contributed by atoms with E-state index in [1.54, 1.807) is 43.3 Å². The zero-order chi connectivity index (χ0) is 30.9. The van der Waals surface area contributed by atoms with Gasteiger partial charge in [-0.15, -0.1) is 0 Å². The van der Waals surface area contributed by atoms with Crippen LogP contribution in [0.25, 0.3) is 55.8 Å². The molecule has 1 amide bonds. The number of anilines is 1. The molecule has 0 saturated heterocycles. The number of aromatic nitrogens is 2. The van der Waals surface area contributed by atoms with Gasteiger partial charge in [0.15, 0.2) is 12.5 Å². The van der Waals surface area contributed by atoms with Crippen LogP contribution in [0.1, 0.15) is 15.9 Å². The summed E-state index contributed by atoms with van der Waals surface area (Å²) in [6.45, 7) is 2.09. The van der Waals surface area contributed by atoms with Gasteiger partial charge in [0.05, 0.1) is 40.0 Å². The van der Waals surface area contributed by atoms with Crippen LogP contribution in [-0.4, -0.2) is 44.2 Å². The number of para-hydroxylation sites is 1. The summed E-state index contributed by atoms with van der Waals surface area (Å²) in [5.74, 6) is -0.396. The van der Waals surface area contributed by atoms with E-state index in [0.29, 0.717) is 40.4 Å². The Kier molecular flexibility index (Phi) is 6.26. The maximum absolute atomic E-state index is 15.2. The van der Waals surface area contributed by atoms with Crippen molar-refractivity contribution in [2.24, 2.45) is 0 Å². The van der Waals surface area contributed by atoms with E-state index in [2.05, 4.69) is 5.32 Å². The summed E-state index contributed by atoms with van der Waals surface area (Å²) < 4.78 is 56.1. The summed E-state index contributed by atoms with van der Waals surface area (Å²) in [7, 11) is -0.818. The van der Waals surface area contributed by atoms with Crippen molar-refractivity contribution in [2.45, 2.75) is 13.7 Å². The Hall–Kier alpha value is -5.16. The number of nitrogens with zero attached hydrogens (tertiary/aromatic N) is 3. The minimum atomic E-state index is -3.73. The SMILES string of the molecule is CNC(=O)c1c(-c2ccc(C)cc2F)oc2cc(N(C)S(C)(=O)=O)c(-c3ccc4c(n3)-c3cc5ccccc5n3CO4)cc12. The Morgan fingerprint density at radius 3 is 2.59 bits per heavy atom. The van der Waals surface area contributed by atoms with Gasteiger partial charge in [-0.1, -0.05) is 24.3 Å². The second kappa shape index (κ2) is 9.95. The lowest BCUT2D eigenvalue weighted by molar-refractivity contribution is 0.0964. The van der Waals surface area contributed by atoms with Crippen LogP contribution in [0.15, 0.2) is 77.2 Å². The summed E-state index contributed by atoms with van der Waals surface area (Å²) in [6, 6.07) is 21.4. The Morgan fingerprint density at radius 2 is 1.84 bits per heavy atom. The van der Waals surface area contributed by atoms with E-state index >= 15 is 4.39 Å². The molecule has 3 aromatic carbocycles. The molecule has 11 heteroatoms. The number of sulfonamides is 1. The smallest absolute Gasteiger partial charge is 0.255 e. The first-order valence-corrected chi connectivity index (χ1v) is 15.7. The molecule has 7 rings (SSSR count). The van der Waals surface area contributed by atoms with Crippen LogP contribution in [0.5, 0.6) is 5.75 Å². The van der Waals surface area contributed by atoms with E-state index in [-0.39, 0.29) is 28.2 Å². The largest absolute Gasteiger partial charge is 0.470 e. The molecule has 44 heavy (non-hydrogen) atoms. The highest BCUT2D eigenvalue weighted by Crippen LogP contribution is 2.44. The molecule has 6 aromatic rings. The van der Waals surface area contributed by atoms with Crippen LogP contribution in [0.4, 0.5) is 10.1 Å². The summed E-state index contributed by atoms with van der Waals surface area (Å²) in [5.41, 5.74) is 4.79. The minimum Gasteiger partial charge on any atom is -0.470 e. The average Bonchev–Trinajstić information content (AvgIpc) is 3.57. The van der Waals surface area contributed by atoms with Gasteiger partial charge in [0.1, 0.15) is 22.8 Å². The van der Waals surface area contributed by atoms with Crippen molar-refractivity contribution in [3.63, 3.8) is 0 Å². The van der Waals surface area contributed by atoms with E-state index in [1.165, 1.54) is 20.2 Å². The van der Waals surface area contributed by atoms with E-state index in [9.17, 15) is 13.2 Å². The first kappa shape index (κ1) is 27.7. The van der Waals surface area contributed by atoms with Crippen LogP contribution < -0.4 is 14.4 Å². The lowest BCUT2D eigenvalue weighted by atomic mass is 10.00. The Labute approximate surface area is 252 Å². The molecule has 1 N–H and O–H groups in total. The van der Waals surface area contributed by atoms with Crippen molar-refractivity contribution in [3.8, 4) is 39.7 Å². The quantitative estimate of drug-likeness (QED) is 0.244. The van der Waals surface area contributed by atoms with Gasteiger partial charge in [-0.05, 0) is 55.0 Å². The van der Waals surface area contributed by atoms with Crippen molar-refractivity contribution < 1.29 is 26.8 Å². The number of fused-ring (bicyclic) bond motifs is 6. The maximum Gasteiger partial charge on any atom is 0.255 e. The summed E-state index contributed by atoms with van der Waals surface area (Å²) in [5, 5.41) is 4.04. The second-order valence-corrected chi connectivity index (χ2v) is 12.8. The van der Waals surface area contributed by atoms with Crippen LogP contribution in [0.3, 0.4) is 0 Å². The topological polar surface area (TPSA) is 107 Å². The highest BCUT2D eigenvalue weighted by molar-refractivity contribution is 7.92. The summed E-state index contributed by atoms with van der Waals surface area (Å²) >= 11 is 0. The van der Waals surface area contributed by atoms with Gasteiger partial charge in [-0.2, -0.15) is 0 Å². The standard InChI is InChI=1S/C33H27FN4O5S/c1-18-9-10-20(23(34)13-18)32-30(33(39)35-2)22-15-21(26(16-29(22)43-32)37(3)44(4,40)41)24-11-12-28-31(36-24)27-14-19-7-5-6-8-25(19)38(27)17-42-28/h5-16H,17H2,1-4H3,(H,35,39). The third-order valence-corrected chi connectivity index (χ3v) is 9.19. The first-order valence-electron chi connectivity index (χ1n) is 13.8. The number of ether oxygens (including phenoxy) is 1. The average molecular weight is 611 g/mol. The molecule has 0 spiro atoms. The maximum atomic E-state index is 15.2. The first-order chi connectivity index (χ1) is 21.0. The molecule has 0 unspecified atom stereocenters. The van der Waals surface area contributed by atoms with Gasteiger partial charge in [-0.25, -0.2) is 17.8 Å². The monoisotopic (exact) mass is 610 g/mol. The molecule has 0 bridgehead atoms. The van der Waals surface area contributed by atoms with Crippen LogP contribution in [-0.2, 0) is 16.8 Å². The fraction of sp³-hybridized carbons (Fsp3) is 0.152. The molecule has 9 nitrogen and oxygen atoms in total. The van der Waals surface area contributed by atoms with E-state index in [4.69, 9.17) is 14.1 Å². The number of halogens is 1. The fourth-order valence-corrected chi connectivity index (χ4v) is 6.21. The molecular formula is C33H27FN4O5S. The number of hydrogen-bond donors (Lipinski definition) is 1. The van der Waals surface area contributed by atoms with Gasteiger partial charge in [0, 0.05) is 36.5 Å². The number of pyridine rings is 1. The molecule has 222 valence electrons. The molecule has 0 saturated carbocycles. The fourth-order valence-electron chi connectivity index (χ4n) is 5.70. The van der Waals surface area contributed by atoms with Crippen molar-refractivity contribution in [1.29, 1.82) is 0 Å². The molecule has 1 aliphatic rings. The van der Waals surface area contributed by atoms with Crippen molar-refractivity contribution in [2.75, 3.05) is 24.7 Å². The number of hydrogen-bond acceptors (Lipinski definition) is 6. The number of benzene rings is 3. The van der Waals surface area contributed by atoms with E-state index < -0.39 is 21.7 Å². The second-order valence-electron chi connectivity index (χ2n) is 10.8.